The van der Waals surface area contributed by atoms with Crippen LogP contribution >= 0.6 is 11.6 Å². The molecule has 3 unspecified atom stereocenters. The van der Waals surface area contributed by atoms with Gasteiger partial charge in [-0.05, 0) is 61.6 Å². The van der Waals surface area contributed by atoms with Gasteiger partial charge in [0.2, 0.25) is 5.91 Å². The molecule has 2 saturated heterocycles. The fraction of sp³-hybridized carbons (Fsp3) is 0.522. The van der Waals surface area contributed by atoms with Gasteiger partial charge in [-0.2, -0.15) is 10.2 Å². The van der Waals surface area contributed by atoms with Crippen LogP contribution in [0.2, 0.25) is 5.02 Å². The number of rotatable bonds is 5. The highest BCUT2D eigenvalue weighted by atomic mass is 35.5. The Bertz CT molecular complexity index is 1050. The third-order valence-corrected chi connectivity index (χ3v) is 8.05. The van der Waals surface area contributed by atoms with E-state index in [4.69, 9.17) is 17.4 Å². The summed E-state index contributed by atoms with van der Waals surface area (Å²) in [5, 5.41) is 9.57. The van der Waals surface area contributed by atoms with Crippen molar-refractivity contribution >= 4 is 41.0 Å². The van der Waals surface area contributed by atoms with Crippen LogP contribution in [-0.2, 0) is 4.79 Å². The average molecular weight is 441 g/mol. The van der Waals surface area contributed by atoms with Gasteiger partial charge in [0.05, 0.1) is 5.02 Å². The number of carbonyl (C=O) groups excluding carboxylic acids is 1. The number of benzene rings is 1. The second-order valence-electron chi connectivity index (χ2n) is 9.60. The van der Waals surface area contributed by atoms with Gasteiger partial charge in [-0.15, -0.1) is 0 Å². The van der Waals surface area contributed by atoms with E-state index in [9.17, 15) is 4.79 Å². The first-order valence-corrected chi connectivity index (χ1v) is 11.4. The van der Waals surface area contributed by atoms with Crippen molar-refractivity contribution in [1.82, 2.24) is 15.3 Å². The van der Waals surface area contributed by atoms with E-state index in [1.165, 1.54) is 0 Å². The van der Waals surface area contributed by atoms with Crippen LogP contribution in [0.3, 0.4) is 0 Å². The second-order valence-corrected chi connectivity index (χ2v) is 10.0. The van der Waals surface area contributed by atoms with Crippen LogP contribution in [0.4, 0.5) is 0 Å². The number of hydrogen-bond donors (Lipinski definition) is 3. The van der Waals surface area contributed by atoms with Crippen LogP contribution in [0.25, 0.3) is 10.9 Å². The van der Waals surface area contributed by atoms with E-state index in [0.29, 0.717) is 12.3 Å². The largest absolute Gasteiger partial charge is 0.361 e. The minimum atomic E-state index is -0.112. The molecule has 2 aliphatic heterocycles. The smallest absolute Gasteiger partial charge is 0.223 e. The highest BCUT2D eigenvalue weighted by Gasteiger charge is 2.57. The molecular formula is C23H29ClN6O. The summed E-state index contributed by atoms with van der Waals surface area (Å²) in [7, 11) is 0. The summed E-state index contributed by atoms with van der Waals surface area (Å²) in [4.78, 5) is 19.0. The number of hydrazone groups is 2. The number of H-pyrrole nitrogens is 1. The summed E-state index contributed by atoms with van der Waals surface area (Å²) in [6, 6.07) is 6.33. The van der Waals surface area contributed by atoms with Crippen molar-refractivity contribution < 1.29 is 4.79 Å². The van der Waals surface area contributed by atoms with Crippen molar-refractivity contribution in [2.45, 2.75) is 63.5 Å². The molecule has 3 atom stereocenters. The molecule has 4 fully saturated rings. The fourth-order valence-electron chi connectivity index (χ4n) is 6.71. The Morgan fingerprint density at radius 1 is 1.39 bits per heavy atom. The first-order valence-electron chi connectivity index (χ1n) is 11.0. The highest BCUT2D eigenvalue weighted by Crippen LogP contribution is 2.56. The Labute approximate surface area is 187 Å². The van der Waals surface area contributed by atoms with Gasteiger partial charge in [0.25, 0.3) is 0 Å². The summed E-state index contributed by atoms with van der Waals surface area (Å²) in [6.45, 7) is 5.64. The quantitative estimate of drug-likeness (QED) is 0.284. The molecule has 2 aromatic rings. The lowest BCUT2D eigenvalue weighted by Crippen LogP contribution is -2.66. The molecule has 6 rings (SSSR count). The lowest BCUT2D eigenvalue weighted by molar-refractivity contribution is -0.152. The number of carbonyl (C=O) groups is 1. The van der Waals surface area contributed by atoms with Crippen LogP contribution < -0.4 is 11.3 Å². The number of amidine groups is 1. The zero-order chi connectivity index (χ0) is 21.8. The fourth-order valence-corrected chi connectivity index (χ4v) is 7.00. The Kier molecular flexibility index (Phi) is 4.96. The number of halogens is 1. The normalized spacial score (nSPS) is 30.6. The van der Waals surface area contributed by atoms with Crippen molar-refractivity contribution in [1.29, 1.82) is 0 Å². The number of hydrogen-bond acceptors (Lipinski definition) is 4. The molecule has 1 aromatic carbocycles. The number of aromatic amines is 1. The number of nitrogens with zero attached hydrogens (tertiary/aromatic N) is 3. The molecule has 164 valence electrons. The molecule has 8 heteroatoms. The Morgan fingerprint density at radius 3 is 2.81 bits per heavy atom. The maximum absolute atomic E-state index is 13.5. The summed E-state index contributed by atoms with van der Waals surface area (Å²) >= 11 is 6.46. The third-order valence-electron chi connectivity index (χ3n) is 7.73. The van der Waals surface area contributed by atoms with Crippen molar-refractivity contribution in [3.05, 3.63) is 35.0 Å². The third kappa shape index (κ3) is 3.21. The lowest BCUT2D eigenvalue weighted by Gasteiger charge is -2.61. The van der Waals surface area contributed by atoms with E-state index >= 15 is 0 Å². The zero-order valence-corrected chi connectivity index (χ0v) is 18.5. The molecule has 1 amide bonds. The second kappa shape index (κ2) is 7.55. The van der Waals surface area contributed by atoms with Gasteiger partial charge in [-0.1, -0.05) is 24.6 Å². The van der Waals surface area contributed by atoms with Gasteiger partial charge in [-0.3, -0.25) is 10.2 Å². The average Bonchev–Trinajstić information content (AvgIpc) is 3.17. The lowest BCUT2D eigenvalue weighted by atomic mass is 9.54. The maximum atomic E-state index is 13.5. The standard InChI is InChI=1S/C23H29ClN6O/c1-13(17-12-27-19-5-3-4-18(24)21(17)19)6-20(31)30-15-7-14-8-16(30)11-23(9-14,10-15)22(28-25)29-26-2/h3-5,12-16,27H,2,6-11,25H2,1H3,(H,28,29). The number of nitrogens with two attached hydrogens (primary N) is 1. The maximum Gasteiger partial charge on any atom is 0.223 e. The van der Waals surface area contributed by atoms with E-state index in [2.05, 4.69) is 39.2 Å². The SMILES string of the molecule is C=NN/C(=N\N)C12CC3CC(C1)N(C(=O)CC(C)c1c[nH]c4cccc(Cl)c14)C(C3)C2. The van der Waals surface area contributed by atoms with Gasteiger partial charge >= 0.3 is 0 Å². The first-order chi connectivity index (χ1) is 15.0. The molecule has 1 aromatic heterocycles. The topological polar surface area (TPSA) is 98.9 Å². The molecule has 4 bridgehead atoms. The van der Waals surface area contributed by atoms with E-state index in [1.807, 2.05) is 24.4 Å². The number of amides is 1. The van der Waals surface area contributed by atoms with Crippen LogP contribution in [0.5, 0.6) is 0 Å². The summed E-state index contributed by atoms with van der Waals surface area (Å²) < 4.78 is 0. The van der Waals surface area contributed by atoms with Crippen molar-refractivity contribution in [2.75, 3.05) is 0 Å². The van der Waals surface area contributed by atoms with Crippen LogP contribution in [0.1, 0.15) is 56.9 Å². The molecule has 0 spiro atoms. The Hall–Kier alpha value is -2.54. The van der Waals surface area contributed by atoms with E-state index in [-0.39, 0.29) is 29.3 Å². The molecule has 3 heterocycles. The van der Waals surface area contributed by atoms with E-state index in [0.717, 1.165) is 59.4 Å². The van der Waals surface area contributed by atoms with Crippen LogP contribution in [-0.4, -0.2) is 40.4 Å². The van der Waals surface area contributed by atoms with Crippen molar-refractivity contribution in [2.24, 2.45) is 27.4 Å². The van der Waals surface area contributed by atoms with Crippen LogP contribution in [0, 0.1) is 11.3 Å². The van der Waals surface area contributed by atoms with Gasteiger partial charge in [0, 0.05) is 47.7 Å². The molecule has 4 N–H and O–H groups in total. The van der Waals surface area contributed by atoms with Gasteiger partial charge < -0.3 is 15.7 Å². The van der Waals surface area contributed by atoms with Gasteiger partial charge in [-0.25, -0.2) is 0 Å². The minimum absolute atomic E-state index is 0.0834. The van der Waals surface area contributed by atoms with E-state index < -0.39 is 0 Å². The summed E-state index contributed by atoms with van der Waals surface area (Å²) in [6.07, 6.45) is 7.44. The summed E-state index contributed by atoms with van der Waals surface area (Å²) in [5.74, 6) is 7.34. The molecule has 0 radical (unpaired) electrons. The molecule has 4 aliphatic rings. The predicted molar refractivity (Wildman–Crippen MR) is 124 cm³/mol. The monoisotopic (exact) mass is 440 g/mol. The molecular weight excluding hydrogens is 412 g/mol. The molecule has 2 aliphatic carbocycles. The highest BCUT2D eigenvalue weighted by molar-refractivity contribution is 6.35. The Balaban J connectivity index is 1.36. The summed E-state index contributed by atoms with van der Waals surface area (Å²) in [5.41, 5.74) is 4.93. The number of aromatic nitrogens is 1. The molecule has 2 saturated carbocycles. The number of nitrogens with one attached hydrogen (secondary N) is 2. The number of piperidine rings is 2. The first kappa shape index (κ1) is 20.4. The predicted octanol–water partition coefficient (Wildman–Crippen LogP) is 3.95. The van der Waals surface area contributed by atoms with E-state index in [1.54, 1.807) is 0 Å². The van der Waals surface area contributed by atoms with Gasteiger partial charge in [0.1, 0.15) is 5.84 Å². The molecule has 7 nitrogen and oxygen atoms in total. The minimum Gasteiger partial charge on any atom is -0.361 e. The van der Waals surface area contributed by atoms with Crippen LogP contribution in [0.15, 0.2) is 34.6 Å². The van der Waals surface area contributed by atoms with Crippen molar-refractivity contribution in [3.63, 3.8) is 0 Å². The zero-order valence-electron chi connectivity index (χ0n) is 17.8. The number of fused-ring (bicyclic) bond motifs is 1. The van der Waals surface area contributed by atoms with Crippen molar-refractivity contribution in [3.8, 4) is 0 Å². The molecule has 31 heavy (non-hydrogen) atoms. The van der Waals surface area contributed by atoms with Gasteiger partial charge in [0.15, 0.2) is 0 Å². The Morgan fingerprint density at radius 2 is 2.13 bits per heavy atom.